The van der Waals surface area contributed by atoms with E-state index < -0.39 is 0 Å². The molecule has 6 nitrogen and oxygen atoms in total. The number of ketones is 1. The first kappa shape index (κ1) is 18.9. The second-order valence-corrected chi connectivity index (χ2v) is 7.10. The number of hydrogen-bond acceptors (Lipinski definition) is 4. The first-order valence-corrected chi connectivity index (χ1v) is 9.84. The minimum atomic E-state index is -0.126. The Morgan fingerprint density at radius 1 is 1.17 bits per heavy atom. The summed E-state index contributed by atoms with van der Waals surface area (Å²) in [5.74, 6) is 0.619. The van der Waals surface area contributed by atoms with Crippen molar-refractivity contribution in [3.8, 4) is 16.9 Å². The van der Waals surface area contributed by atoms with Gasteiger partial charge in [-0.05, 0) is 41.8 Å². The molecule has 1 aliphatic rings. The number of aromatic nitrogens is 2. The molecular formula is C23H23N3O3. The van der Waals surface area contributed by atoms with Gasteiger partial charge in [-0.3, -0.25) is 14.3 Å². The van der Waals surface area contributed by atoms with Gasteiger partial charge in [-0.1, -0.05) is 25.1 Å². The predicted octanol–water partition coefficient (Wildman–Crippen LogP) is 3.86. The van der Waals surface area contributed by atoms with E-state index in [1.165, 1.54) is 0 Å². The molecule has 3 aromatic rings. The summed E-state index contributed by atoms with van der Waals surface area (Å²) in [6.45, 7) is 3.84. The van der Waals surface area contributed by atoms with Gasteiger partial charge in [0.05, 0.1) is 18.4 Å². The Kier molecular flexibility index (Phi) is 5.42. The average Bonchev–Trinajstić information content (AvgIpc) is 3.20. The zero-order valence-electron chi connectivity index (χ0n) is 16.4. The molecule has 1 N–H and O–H groups in total. The monoisotopic (exact) mass is 389 g/mol. The number of nitrogens with zero attached hydrogens (tertiary/aromatic N) is 2. The zero-order valence-corrected chi connectivity index (χ0v) is 16.4. The third-order valence-corrected chi connectivity index (χ3v) is 4.94. The van der Waals surface area contributed by atoms with Gasteiger partial charge in [-0.25, -0.2) is 0 Å². The number of rotatable bonds is 6. The number of aryl methyl sites for hydroxylation is 1. The van der Waals surface area contributed by atoms with Gasteiger partial charge in [0.15, 0.2) is 5.78 Å². The summed E-state index contributed by atoms with van der Waals surface area (Å²) >= 11 is 0. The lowest BCUT2D eigenvalue weighted by Crippen LogP contribution is -2.22. The van der Waals surface area contributed by atoms with Crippen molar-refractivity contribution in [3.63, 3.8) is 0 Å². The first-order valence-electron chi connectivity index (χ1n) is 9.84. The highest BCUT2D eigenvalue weighted by Crippen LogP contribution is 2.30. The number of nitrogens with one attached hydrogen (secondary N) is 1. The molecule has 2 aromatic carbocycles. The molecule has 0 atom stereocenters. The Morgan fingerprint density at radius 3 is 2.76 bits per heavy atom. The van der Waals surface area contributed by atoms with Crippen molar-refractivity contribution in [3.05, 3.63) is 71.5 Å². The highest BCUT2D eigenvalue weighted by atomic mass is 16.5. The SMILES string of the molecule is CCCn1cc(CNC(=O)c2ccc(-c3ccc4c(c3)OCCC4=O)cc2)cn1. The van der Waals surface area contributed by atoms with E-state index in [1.807, 2.05) is 41.2 Å². The van der Waals surface area contributed by atoms with Gasteiger partial charge >= 0.3 is 0 Å². The third-order valence-electron chi connectivity index (χ3n) is 4.94. The van der Waals surface area contributed by atoms with Crippen molar-refractivity contribution in [1.29, 1.82) is 0 Å². The maximum atomic E-state index is 12.4. The maximum Gasteiger partial charge on any atom is 0.251 e. The summed E-state index contributed by atoms with van der Waals surface area (Å²) in [4.78, 5) is 24.4. The fourth-order valence-corrected chi connectivity index (χ4v) is 3.39. The van der Waals surface area contributed by atoms with Crippen LogP contribution in [0.5, 0.6) is 5.75 Å². The molecule has 0 bridgehead atoms. The molecule has 0 saturated carbocycles. The van der Waals surface area contributed by atoms with E-state index in [0.717, 1.165) is 29.7 Å². The second kappa shape index (κ2) is 8.31. The van der Waals surface area contributed by atoms with Crippen LogP contribution in [-0.4, -0.2) is 28.1 Å². The summed E-state index contributed by atoms with van der Waals surface area (Å²) in [6.07, 6.45) is 5.18. The Balaban J connectivity index is 1.42. The molecule has 4 rings (SSSR count). The number of fused-ring (bicyclic) bond motifs is 1. The van der Waals surface area contributed by atoms with Crippen molar-refractivity contribution in [2.45, 2.75) is 32.9 Å². The van der Waals surface area contributed by atoms with Crippen molar-refractivity contribution in [1.82, 2.24) is 15.1 Å². The normalized spacial score (nSPS) is 12.9. The van der Waals surface area contributed by atoms with E-state index in [0.29, 0.717) is 36.4 Å². The molecule has 1 aliphatic heterocycles. The molecule has 0 fully saturated rings. The zero-order chi connectivity index (χ0) is 20.2. The molecule has 1 aromatic heterocycles. The van der Waals surface area contributed by atoms with E-state index in [9.17, 15) is 9.59 Å². The Bertz CT molecular complexity index is 1040. The molecule has 148 valence electrons. The molecule has 0 aliphatic carbocycles. The van der Waals surface area contributed by atoms with Crippen molar-refractivity contribution >= 4 is 11.7 Å². The number of ether oxygens (including phenoxy) is 1. The van der Waals surface area contributed by atoms with Crippen molar-refractivity contribution < 1.29 is 14.3 Å². The number of hydrogen-bond donors (Lipinski definition) is 1. The van der Waals surface area contributed by atoms with Gasteiger partial charge in [0, 0.05) is 36.8 Å². The van der Waals surface area contributed by atoms with E-state index in [2.05, 4.69) is 17.3 Å². The van der Waals surface area contributed by atoms with Crippen LogP contribution in [0.2, 0.25) is 0 Å². The summed E-state index contributed by atoms with van der Waals surface area (Å²) in [5, 5.41) is 7.20. The number of amides is 1. The van der Waals surface area contributed by atoms with Gasteiger partial charge in [-0.2, -0.15) is 5.10 Å². The highest BCUT2D eigenvalue weighted by Gasteiger charge is 2.18. The van der Waals surface area contributed by atoms with Crippen LogP contribution in [0.4, 0.5) is 0 Å². The van der Waals surface area contributed by atoms with Crippen LogP contribution in [-0.2, 0) is 13.1 Å². The number of benzene rings is 2. The van der Waals surface area contributed by atoms with Gasteiger partial charge in [0.1, 0.15) is 5.75 Å². The quantitative estimate of drug-likeness (QED) is 0.695. The highest BCUT2D eigenvalue weighted by molar-refractivity contribution is 6.00. The van der Waals surface area contributed by atoms with Crippen molar-refractivity contribution in [2.75, 3.05) is 6.61 Å². The molecule has 2 heterocycles. The Labute approximate surface area is 169 Å². The van der Waals surface area contributed by atoms with Crippen LogP contribution >= 0.6 is 0 Å². The van der Waals surface area contributed by atoms with Crippen LogP contribution in [0.15, 0.2) is 54.9 Å². The fraction of sp³-hybridized carbons (Fsp3) is 0.261. The van der Waals surface area contributed by atoms with Crippen LogP contribution in [0.1, 0.15) is 46.0 Å². The smallest absolute Gasteiger partial charge is 0.251 e. The molecule has 29 heavy (non-hydrogen) atoms. The van der Waals surface area contributed by atoms with Gasteiger partial charge in [0.25, 0.3) is 5.91 Å². The predicted molar refractivity (Wildman–Crippen MR) is 110 cm³/mol. The number of Topliss-reactive ketones (excluding diaryl/α,β-unsaturated/α-hetero) is 1. The van der Waals surface area contributed by atoms with Crippen LogP contribution < -0.4 is 10.1 Å². The van der Waals surface area contributed by atoms with Gasteiger partial charge < -0.3 is 10.1 Å². The molecule has 0 unspecified atom stereocenters. The standard InChI is InChI=1S/C23H23N3O3/c1-2-10-26-15-16(14-25-26)13-24-23(28)18-5-3-17(4-6-18)19-7-8-20-21(27)9-11-29-22(20)12-19/h3-8,12,14-15H,2,9-11,13H2,1H3,(H,24,28). The molecule has 0 radical (unpaired) electrons. The lowest BCUT2D eigenvalue weighted by atomic mass is 9.98. The van der Waals surface area contributed by atoms with E-state index in [1.54, 1.807) is 18.3 Å². The first-order chi connectivity index (χ1) is 14.1. The number of carbonyl (C=O) groups excluding carboxylic acids is 2. The lowest BCUT2D eigenvalue weighted by molar-refractivity contribution is 0.0930. The second-order valence-electron chi connectivity index (χ2n) is 7.10. The van der Waals surface area contributed by atoms with E-state index >= 15 is 0 Å². The van der Waals surface area contributed by atoms with Gasteiger partial charge in [-0.15, -0.1) is 0 Å². The van der Waals surface area contributed by atoms with Gasteiger partial charge in [0.2, 0.25) is 0 Å². The maximum absolute atomic E-state index is 12.4. The minimum Gasteiger partial charge on any atom is -0.492 e. The summed E-state index contributed by atoms with van der Waals surface area (Å²) < 4.78 is 7.50. The lowest BCUT2D eigenvalue weighted by Gasteiger charge is -2.17. The summed E-state index contributed by atoms with van der Waals surface area (Å²) in [7, 11) is 0. The molecule has 6 heteroatoms. The summed E-state index contributed by atoms with van der Waals surface area (Å²) in [6, 6.07) is 13.0. The Hall–Kier alpha value is -3.41. The molecule has 0 saturated heterocycles. The Morgan fingerprint density at radius 2 is 1.97 bits per heavy atom. The van der Waals surface area contributed by atoms with E-state index in [-0.39, 0.29) is 11.7 Å². The molecule has 0 spiro atoms. The van der Waals surface area contributed by atoms with Crippen LogP contribution in [0, 0.1) is 0 Å². The van der Waals surface area contributed by atoms with E-state index in [4.69, 9.17) is 4.74 Å². The molecule has 1 amide bonds. The minimum absolute atomic E-state index is 0.116. The largest absolute Gasteiger partial charge is 0.492 e. The topological polar surface area (TPSA) is 73.2 Å². The van der Waals surface area contributed by atoms with Crippen molar-refractivity contribution in [2.24, 2.45) is 0 Å². The van der Waals surface area contributed by atoms with Crippen LogP contribution in [0.3, 0.4) is 0 Å². The third kappa shape index (κ3) is 4.21. The van der Waals surface area contributed by atoms with Crippen LogP contribution in [0.25, 0.3) is 11.1 Å². The summed E-state index contributed by atoms with van der Waals surface area (Å²) in [5.41, 5.74) is 4.13. The number of carbonyl (C=O) groups is 2. The average molecular weight is 389 g/mol. The fourth-order valence-electron chi connectivity index (χ4n) is 3.39. The molecular weight excluding hydrogens is 366 g/mol.